The number of fused-ring (bicyclic) bond motifs is 1. The molecule has 1 aromatic carbocycles. The van der Waals surface area contributed by atoms with Crippen LogP contribution < -0.4 is 5.32 Å². The molecule has 0 bridgehead atoms. The van der Waals surface area contributed by atoms with E-state index in [1.165, 1.54) is 0 Å². The Bertz CT molecular complexity index is 1050. The van der Waals surface area contributed by atoms with Crippen molar-refractivity contribution in [3.8, 4) is 11.4 Å². The summed E-state index contributed by atoms with van der Waals surface area (Å²) < 4.78 is 7.33. The number of nitrogens with zero attached hydrogens (tertiary/aromatic N) is 4. The van der Waals surface area contributed by atoms with Gasteiger partial charge in [0.2, 0.25) is 17.6 Å². The Balaban J connectivity index is 1.27. The van der Waals surface area contributed by atoms with E-state index in [9.17, 15) is 4.79 Å². The van der Waals surface area contributed by atoms with Crippen LogP contribution in [0.2, 0.25) is 0 Å². The van der Waals surface area contributed by atoms with Crippen LogP contribution >= 0.6 is 11.3 Å². The van der Waals surface area contributed by atoms with Gasteiger partial charge in [-0.05, 0) is 30.5 Å². The van der Waals surface area contributed by atoms with Gasteiger partial charge in [-0.25, -0.2) is 4.98 Å². The van der Waals surface area contributed by atoms with Crippen molar-refractivity contribution in [1.29, 1.82) is 0 Å². The molecule has 0 fully saturated rings. The van der Waals surface area contributed by atoms with Gasteiger partial charge >= 0.3 is 0 Å². The lowest BCUT2D eigenvalue weighted by Crippen LogP contribution is -2.27. The number of thiophene rings is 1. The largest absolute Gasteiger partial charge is 0.354 e. The summed E-state index contributed by atoms with van der Waals surface area (Å²) in [5.74, 6) is 1.95. The van der Waals surface area contributed by atoms with Crippen molar-refractivity contribution in [2.75, 3.05) is 6.54 Å². The number of rotatable bonds is 7. The van der Waals surface area contributed by atoms with Gasteiger partial charge in [0.05, 0.1) is 11.0 Å². The maximum absolute atomic E-state index is 12.1. The Hall–Kier alpha value is -3.00. The van der Waals surface area contributed by atoms with Gasteiger partial charge in [-0.3, -0.25) is 4.79 Å². The van der Waals surface area contributed by atoms with Crippen molar-refractivity contribution in [3.63, 3.8) is 0 Å². The molecule has 4 aromatic rings. The summed E-state index contributed by atoms with van der Waals surface area (Å²) in [5, 5.41) is 10.8. The number of carbonyl (C=O) groups is 1. The van der Waals surface area contributed by atoms with Gasteiger partial charge in [-0.2, -0.15) is 16.3 Å². The molecule has 1 amide bonds. The van der Waals surface area contributed by atoms with E-state index in [1.807, 2.05) is 48.0 Å². The smallest absolute Gasteiger partial charge is 0.227 e. The van der Waals surface area contributed by atoms with Crippen LogP contribution in [-0.4, -0.2) is 32.1 Å². The molecular formula is C19H19N5O2S. The quantitative estimate of drug-likeness (QED) is 0.531. The predicted molar refractivity (Wildman–Crippen MR) is 103 cm³/mol. The average molecular weight is 381 g/mol. The minimum atomic E-state index is -0.0349. The molecule has 0 saturated heterocycles. The number of aryl methyl sites for hydroxylation is 2. The minimum Gasteiger partial charge on any atom is -0.354 e. The zero-order valence-corrected chi connectivity index (χ0v) is 15.7. The molecule has 0 atom stereocenters. The Kier molecular flexibility index (Phi) is 4.97. The summed E-state index contributed by atoms with van der Waals surface area (Å²) in [5.41, 5.74) is 2.98. The van der Waals surface area contributed by atoms with Gasteiger partial charge in [-0.15, -0.1) is 0 Å². The Labute approximate surface area is 160 Å². The fourth-order valence-corrected chi connectivity index (χ4v) is 3.59. The number of para-hydroxylation sites is 2. The third-order valence-corrected chi connectivity index (χ3v) is 5.00. The van der Waals surface area contributed by atoms with Crippen LogP contribution in [0, 0.1) is 6.92 Å². The summed E-state index contributed by atoms with van der Waals surface area (Å²) in [6.45, 7) is 3.20. The lowest BCUT2D eigenvalue weighted by molar-refractivity contribution is -0.121. The third kappa shape index (κ3) is 3.90. The predicted octanol–water partition coefficient (Wildman–Crippen LogP) is 3.21. The summed E-state index contributed by atoms with van der Waals surface area (Å²) in [6.07, 6.45) is 0.741. The SMILES string of the molecule is Cc1nc2ccccc2n1CCNC(=O)CCc1nc(-c2ccsc2)no1. The zero-order chi connectivity index (χ0) is 18.6. The fraction of sp³-hybridized carbons (Fsp3) is 0.263. The van der Waals surface area contributed by atoms with Crippen molar-refractivity contribution < 1.29 is 9.32 Å². The number of carbonyl (C=O) groups excluding carboxylic acids is 1. The maximum Gasteiger partial charge on any atom is 0.227 e. The van der Waals surface area contributed by atoms with Crippen molar-refractivity contribution >= 4 is 28.3 Å². The highest BCUT2D eigenvalue weighted by atomic mass is 32.1. The van der Waals surface area contributed by atoms with E-state index < -0.39 is 0 Å². The van der Waals surface area contributed by atoms with E-state index in [-0.39, 0.29) is 5.91 Å². The molecule has 0 unspecified atom stereocenters. The topological polar surface area (TPSA) is 85.8 Å². The van der Waals surface area contributed by atoms with Gasteiger partial charge < -0.3 is 14.4 Å². The summed E-state index contributed by atoms with van der Waals surface area (Å²) >= 11 is 1.58. The highest BCUT2D eigenvalue weighted by molar-refractivity contribution is 7.08. The van der Waals surface area contributed by atoms with Crippen molar-refractivity contribution in [3.05, 3.63) is 52.8 Å². The molecule has 4 rings (SSSR count). The average Bonchev–Trinajstić information content (AvgIpc) is 3.40. The van der Waals surface area contributed by atoms with Gasteiger partial charge in [0.1, 0.15) is 5.82 Å². The number of benzene rings is 1. The second kappa shape index (κ2) is 7.71. The van der Waals surface area contributed by atoms with Crippen molar-refractivity contribution in [2.24, 2.45) is 0 Å². The molecule has 0 aliphatic rings. The Morgan fingerprint density at radius 1 is 1.26 bits per heavy atom. The van der Waals surface area contributed by atoms with Crippen LogP contribution in [-0.2, 0) is 17.8 Å². The van der Waals surface area contributed by atoms with E-state index >= 15 is 0 Å². The van der Waals surface area contributed by atoms with Crippen LogP contribution in [0.15, 0.2) is 45.6 Å². The molecule has 0 radical (unpaired) electrons. The van der Waals surface area contributed by atoms with E-state index in [0.717, 1.165) is 22.4 Å². The van der Waals surface area contributed by atoms with Gasteiger partial charge in [0, 0.05) is 36.9 Å². The lowest BCUT2D eigenvalue weighted by Gasteiger charge is -2.08. The minimum absolute atomic E-state index is 0.0349. The first kappa shape index (κ1) is 17.4. The molecule has 3 aromatic heterocycles. The van der Waals surface area contributed by atoms with E-state index in [0.29, 0.717) is 37.6 Å². The highest BCUT2D eigenvalue weighted by Crippen LogP contribution is 2.19. The number of aromatic nitrogens is 4. The molecule has 3 heterocycles. The van der Waals surface area contributed by atoms with Gasteiger partial charge in [0.15, 0.2) is 0 Å². The highest BCUT2D eigenvalue weighted by Gasteiger charge is 2.11. The first-order valence-corrected chi connectivity index (χ1v) is 9.69. The van der Waals surface area contributed by atoms with Crippen LogP contribution in [0.3, 0.4) is 0 Å². The summed E-state index contributed by atoms with van der Waals surface area (Å²) in [6, 6.07) is 9.94. The van der Waals surface area contributed by atoms with Crippen LogP contribution in [0.25, 0.3) is 22.4 Å². The second-order valence-corrected chi connectivity index (χ2v) is 6.95. The summed E-state index contributed by atoms with van der Waals surface area (Å²) in [7, 11) is 0. The number of amides is 1. The molecule has 27 heavy (non-hydrogen) atoms. The number of hydrogen-bond donors (Lipinski definition) is 1. The Morgan fingerprint density at radius 3 is 3.00 bits per heavy atom. The van der Waals surface area contributed by atoms with Crippen molar-refractivity contribution in [1.82, 2.24) is 25.0 Å². The molecule has 138 valence electrons. The van der Waals surface area contributed by atoms with Gasteiger partial charge in [-0.1, -0.05) is 17.3 Å². The third-order valence-electron chi connectivity index (χ3n) is 4.32. The first-order chi connectivity index (χ1) is 13.2. The molecule has 7 nitrogen and oxygen atoms in total. The summed E-state index contributed by atoms with van der Waals surface area (Å²) in [4.78, 5) is 21.0. The fourth-order valence-electron chi connectivity index (χ4n) is 2.96. The standard InChI is InChI=1S/C19H19N5O2S/c1-13-21-15-4-2-3-5-16(15)24(13)10-9-20-17(25)6-7-18-22-19(23-26-18)14-8-11-27-12-14/h2-5,8,11-12H,6-7,9-10H2,1H3,(H,20,25). The number of hydrogen-bond acceptors (Lipinski definition) is 6. The number of imidazole rings is 1. The van der Waals surface area contributed by atoms with Crippen LogP contribution in [0.1, 0.15) is 18.1 Å². The lowest BCUT2D eigenvalue weighted by atomic mass is 10.3. The van der Waals surface area contributed by atoms with Crippen LogP contribution in [0.4, 0.5) is 0 Å². The molecule has 8 heteroatoms. The first-order valence-electron chi connectivity index (χ1n) is 8.74. The monoisotopic (exact) mass is 381 g/mol. The number of nitrogens with one attached hydrogen (secondary N) is 1. The Morgan fingerprint density at radius 2 is 2.15 bits per heavy atom. The van der Waals surface area contributed by atoms with Gasteiger partial charge in [0.25, 0.3) is 0 Å². The van der Waals surface area contributed by atoms with Crippen molar-refractivity contribution in [2.45, 2.75) is 26.3 Å². The molecule has 1 N–H and O–H groups in total. The second-order valence-electron chi connectivity index (χ2n) is 6.17. The van der Waals surface area contributed by atoms with Crippen LogP contribution in [0.5, 0.6) is 0 Å². The van der Waals surface area contributed by atoms with E-state index in [4.69, 9.17) is 4.52 Å². The van der Waals surface area contributed by atoms with E-state index in [1.54, 1.807) is 11.3 Å². The zero-order valence-electron chi connectivity index (χ0n) is 14.9. The maximum atomic E-state index is 12.1. The molecular weight excluding hydrogens is 362 g/mol. The molecule has 0 saturated carbocycles. The normalized spacial score (nSPS) is 11.1. The van der Waals surface area contributed by atoms with E-state index in [2.05, 4.69) is 25.0 Å². The molecule has 0 aliphatic heterocycles. The molecule has 0 aliphatic carbocycles. The molecule has 0 spiro atoms.